The van der Waals surface area contributed by atoms with Gasteiger partial charge >= 0.3 is 0 Å². The van der Waals surface area contributed by atoms with Crippen LogP contribution in [0.4, 0.5) is 0 Å². The van der Waals surface area contributed by atoms with Crippen LogP contribution in [-0.4, -0.2) is 11.7 Å². The molecule has 1 atom stereocenters. The molecule has 4 heteroatoms. The molecule has 0 radical (unpaired) electrons. The third-order valence-corrected chi connectivity index (χ3v) is 2.26. The first kappa shape index (κ1) is 12.4. The van der Waals surface area contributed by atoms with E-state index >= 15 is 0 Å². The number of rotatable bonds is 4. The maximum atomic E-state index is 9.50. The fourth-order valence-corrected chi connectivity index (χ4v) is 1.40. The maximum Gasteiger partial charge on any atom is 0.125 e. The van der Waals surface area contributed by atoms with Crippen molar-refractivity contribution in [3.8, 4) is 5.75 Å². The molecule has 1 N–H and O–H groups in total. The van der Waals surface area contributed by atoms with Crippen molar-refractivity contribution in [3.05, 3.63) is 40.4 Å². The molecule has 0 spiro atoms. The minimum absolute atomic E-state index is 0.366. The van der Waals surface area contributed by atoms with Gasteiger partial charge in [0.1, 0.15) is 12.4 Å². The summed E-state index contributed by atoms with van der Waals surface area (Å²) in [6.07, 6.45) is 1.06. The summed E-state index contributed by atoms with van der Waals surface area (Å²) in [5, 5.41) is 10.1. The summed E-state index contributed by atoms with van der Waals surface area (Å²) in [6.45, 7) is 2.03. The quantitative estimate of drug-likeness (QED) is 0.881. The molecule has 1 rings (SSSR count). The highest BCUT2D eigenvalue weighted by atomic mass is 35.5. The normalized spacial score (nSPS) is 13.1. The van der Waals surface area contributed by atoms with Crippen LogP contribution in [0.2, 0.25) is 5.02 Å². The van der Waals surface area contributed by atoms with Crippen LogP contribution in [-0.2, 0) is 0 Å². The van der Waals surface area contributed by atoms with E-state index in [1.807, 2.05) is 0 Å². The summed E-state index contributed by atoms with van der Waals surface area (Å²) in [4.78, 5) is 0. The van der Waals surface area contributed by atoms with Gasteiger partial charge in [-0.1, -0.05) is 23.2 Å². The third kappa shape index (κ3) is 3.74. The summed E-state index contributed by atoms with van der Waals surface area (Å²) >= 11 is 11.2. The zero-order valence-electron chi connectivity index (χ0n) is 8.28. The summed E-state index contributed by atoms with van der Waals surface area (Å²) in [7, 11) is 0. The van der Waals surface area contributed by atoms with E-state index < -0.39 is 6.10 Å². The summed E-state index contributed by atoms with van der Waals surface area (Å²) in [5.74, 6) is 0.615. The van der Waals surface area contributed by atoms with Crippen molar-refractivity contribution in [1.82, 2.24) is 0 Å². The van der Waals surface area contributed by atoms with Crippen LogP contribution in [0.15, 0.2) is 29.8 Å². The minimum atomic E-state index is -0.612. The highest BCUT2D eigenvalue weighted by Crippen LogP contribution is 2.28. The molecule has 0 aliphatic heterocycles. The average Bonchev–Trinajstić information content (AvgIpc) is 2.20. The lowest BCUT2D eigenvalue weighted by Gasteiger charge is -2.12. The minimum Gasteiger partial charge on any atom is -0.489 e. The van der Waals surface area contributed by atoms with Gasteiger partial charge in [0.2, 0.25) is 0 Å². The van der Waals surface area contributed by atoms with Crippen molar-refractivity contribution in [2.75, 3.05) is 6.61 Å². The molecular weight excluding hydrogens is 235 g/mol. The lowest BCUT2D eigenvalue weighted by Crippen LogP contribution is -2.00. The van der Waals surface area contributed by atoms with Gasteiger partial charge in [0.25, 0.3) is 0 Å². The molecule has 0 heterocycles. The van der Waals surface area contributed by atoms with Gasteiger partial charge in [-0.25, -0.2) is 0 Å². The lowest BCUT2D eigenvalue weighted by molar-refractivity contribution is 0.193. The molecule has 0 amide bonds. The monoisotopic (exact) mass is 246 g/mol. The van der Waals surface area contributed by atoms with Crippen LogP contribution in [0, 0.1) is 0 Å². The van der Waals surface area contributed by atoms with Gasteiger partial charge in [-0.2, -0.15) is 0 Å². The Morgan fingerprint density at radius 2 is 2.27 bits per heavy atom. The second kappa shape index (κ2) is 6.01. The van der Waals surface area contributed by atoms with Crippen LogP contribution >= 0.6 is 23.2 Å². The number of hydrogen-bond donors (Lipinski definition) is 1. The molecule has 0 unspecified atom stereocenters. The first-order valence-electron chi connectivity index (χ1n) is 4.50. The van der Waals surface area contributed by atoms with E-state index in [0.717, 1.165) is 0 Å². The molecule has 15 heavy (non-hydrogen) atoms. The van der Waals surface area contributed by atoms with Gasteiger partial charge in [-0.05, 0) is 31.2 Å². The van der Waals surface area contributed by atoms with Gasteiger partial charge < -0.3 is 9.84 Å². The first-order chi connectivity index (χ1) is 7.15. The SMILES string of the molecule is C[C@H](O)c1cc(Cl)ccc1OCC=CCl. The average molecular weight is 247 g/mol. The Bertz CT molecular complexity index is 348. The van der Waals surface area contributed by atoms with Crippen LogP contribution < -0.4 is 4.74 Å². The van der Waals surface area contributed by atoms with Gasteiger partial charge in [-0.15, -0.1) is 0 Å². The maximum absolute atomic E-state index is 9.50. The zero-order chi connectivity index (χ0) is 11.3. The van der Waals surface area contributed by atoms with Crippen molar-refractivity contribution in [1.29, 1.82) is 0 Å². The molecule has 2 nitrogen and oxygen atoms in total. The Hall–Kier alpha value is -0.700. The van der Waals surface area contributed by atoms with Crippen molar-refractivity contribution in [2.24, 2.45) is 0 Å². The summed E-state index contributed by atoms with van der Waals surface area (Å²) in [5.41, 5.74) is 2.06. The zero-order valence-corrected chi connectivity index (χ0v) is 9.79. The van der Waals surface area contributed by atoms with Crippen LogP contribution in [0.5, 0.6) is 5.75 Å². The molecular formula is C11H12Cl2O2. The van der Waals surface area contributed by atoms with Gasteiger partial charge in [-0.3, -0.25) is 0 Å². The fraction of sp³-hybridized carbons (Fsp3) is 0.273. The van der Waals surface area contributed by atoms with Gasteiger partial charge in [0, 0.05) is 16.1 Å². The highest BCUT2D eigenvalue weighted by Gasteiger charge is 2.09. The van der Waals surface area contributed by atoms with E-state index in [1.54, 1.807) is 31.2 Å². The number of aliphatic hydroxyl groups excluding tert-OH is 1. The summed E-state index contributed by atoms with van der Waals surface area (Å²) in [6, 6.07) is 5.13. The second-order valence-electron chi connectivity index (χ2n) is 3.03. The number of benzene rings is 1. The van der Waals surface area contributed by atoms with E-state index in [9.17, 15) is 5.11 Å². The Morgan fingerprint density at radius 3 is 2.87 bits per heavy atom. The van der Waals surface area contributed by atoms with E-state index in [2.05, 4.69) is 0 Å². The van der Waals surface area contributed by atoms with Crippen molar-refractivity contribution in [2.45, 2.75) is 13.0 Å². The molecule has 0 aliphatic carbocycles. The first-order valence-corrected chi connectivity index (χ1v) is 5.32. The van der Waals surface area contributed by atoms with E-state index in [4.69, 9.17) is 27.9 Å². The number of halogens is 2. The van der Waals surface area contributed by atoms with E-state index in [-0.39, 0.29) is 0 Å². The molecule has 0 fully saturated rings. The molecule has 0 saturated carbocycles. The van der Waals surface area contributed by atoms with Crippen molar-refractivity contribution in [3.63, 3.8) is 0 Å². The topological polar surface area (TPSA) is 29.5 Å². The second-order valence-corrected chi connectivity index (χ2v) is 3.72. The van der Waals surface area contributed by atoms with Crippen molar-refractivity contribution >= 4 is 23.2 Å². The van der Waals surface area contributed by atoms with Gasteiger partial charge in [0.15, 0.2) is 0 Å². The Labute approximate surface area is 99.1 Å². The molecule has 0 bridgehead atoms. The van der Waals surface area contributed by atoms with Crippen LogP contribution in [0.25, 0.3) is 0 Å². The molecule has 1 aromatic carbocycles. The van der Waals surface area contributed by atoms with Crippen LogP contribution in [0.1, 0.15) is 18.6 Å². The Balaban J connectivity index is 2.85. The molecule has 0 aromatic heterocycles. The third-order valence-electron chi connectivity index (χ3n) is 1.85. The van der Waals surface area contributed by atoms with Crippen molar-refractivity contribution < 1.29 is 9.84 Å². The van der Waals surface area contributed by atoms with E-state index in [1.165, 1.54) is 5.54 Å². The van der Waals surface area contributed by atoms with Gasteiger partial charge in [0.05, 0.1) is 6.10 Å². The smallest absolute Gasteiger partial charge is 0.125 e. The predicted molar refractivity (Wildman–Crippen MR) is 62.6 cm³/mol. The number of aliphatic hydroxyl groups is 1. The predicted octanol–water partition coefficient (Wildman–Crippen LogP) is 3.52. The number of hydrogen-bond acceptors (Lipinski definition) is 2. The summed E-state index contributed by atoms with van der Waals surface area (Å²) < 4.78 is 5.40. The standard InChI is InChI=1S/C11H12Cl2O2/c1-8(14)10-7-9(13)3-4-11(10)15-6-2-5-12/h2-5,7-8,14H,6H2,1H3/t8-/m0/s1. The Morgan fingerprint density at radius 1 is 1.53 bits per heavy atom. The largest absolute Gasteiger partial charge is 0.489 e. The number of ether oxygens (including phenoxy) is 1. The lowest BCUT2D eigenvalue weighted by atomic mass is 10.1. The Kier molecular flexibility index (Phi) is 4.95. The van der Waals surface area contributed by atoms with E-state index in [0.29, 0.717) is 22.9 Å². The molecule has 1 aromatic rings. The molecule has 0 saturated heterocycles. The fourth-order valence-electron chi connectivity index (χ4n) is 1.15. The molecule has 82 valence electrons. The van der Waals surface area contributed by atoms with Crippen LogP contribution in [0.3, 0.4) is 0 Å². The molecule has 0 aliphatic rings. The highest BCUT2D eigenvalue weighted by molar-refractivity contribution is 6.30.